The number of nitrogens with zero attached hydrogens (tertiary/aromatic N) is 1. The van der Waals surface area contributed by atoms with Gasteiger partial charge in [-0.25, -0.2) is 18.6 Å². The summed E-state index contributed by atoms with van der Waals surface area (Å²) in [6.07, 6.45) is -3.56. The number of anilines is 1. The molecule has 9 nitrogen and oxygen atoms in total. The van der Waals surface area contributed by atoms with Crippen LogP contribution in [0.5, 0.6) is 0 Å². The van der Waals surface area contributed by atoms with Gasteiger partial charge in [0.1, 0.15) is 11.5 Å². The van der Waals surface area contributed by atoms with Crippen molar-refractivity contribution in [1.29, 1.82) is 0 Å². The smallest absolute Gasteiger partial charge is 0.416 e. The number of halogens is 4. The third-order valence-corrected chi connectivity index (χ3v) is 5.92. The van der Waals surface area contributed by atoms with Gasteiger partial charge >= 0.3 is 18.0 Å². The summed E-state index contributed by atoms with van der Waals surface area (Å²) in [5.41, 5.74) is 0.692. The number of hydrogen-bond acceptors (Lipinski definition) is 6. The summed E-state index contributed by atoms with van der Waals surface area (Å²) in [5, 5.41) is 5.95. The Morgan fingerprint density at radius 1 is 1.03 bits per heavy atom. The van der Waals surface area contributed by atoms with E-state index >= 15 is 0 Å². The van der Waals surface area contributed by atoms with Crippen molar-refractivity contribution in [2.75, 3.05) is 5.32 Å². The largest absolute Gasteiger partial charge is 0.459 e. The molecule has 2 aromatic carbocycles. The maximum Gasteiger partial charge on any atom is 0.416 e. The molecule has 3 aromatic rings. The van der Waals surface area contributed by atoms with Crippen LogP contribution in [0.4, 0.5) is 18.9 Å². The average molecular weight is 529 g/mol. The van der Waals surface area contributed by atoms with Gasteiger partial charge in [-0.05, 0) is 54.6 Å². The lowest BCUT2D eigenvalue weighted by Crippen LogP contribution is -2.32. The second-order valence-electron chi connectivity index (χ2n) is 6.81. The number of carbonyl (C=O) groups is 2. The molecule has 0 radical (unpaired) electrons. The first-order chi connectivity index (χ1) is 16.4. The summed E-state index contributed by atoms with van der Waals surface area (Å²) in [4.78, 5) is 23.7. The van der Waals surface area contributed by atoms with Gasteiger partial charge < -0.3 is 9.73 Å². The zero-order chi connectivity index (χ0) is 25.6. The van der Waals surface area contributed by atoms with Gasteiger partial charge in [0.05, 0.1) is 23.2 Å². The summed E-state index contributed by atoms with van der Waals surface area (Å²) in [6.45, 7) is -0.176. The molecule has 2 amide bonds. The molecule has 0 saturated heterocycles. The lowest BCUT2D eigenvalue weighted by atomic mass is 10.2. The van der Waals surface area contributed by atoms with Crippen LogP contribution in [0.15, 0.2) is 75.1 Å². The second kappa shape index (κ2) is 10.7. The van der Waals surface area contributed by atoms with E-state index in [0.717, 1.165) is 18.3 Å². The van der Waals surface area contributed by atoms with E-state index in [1.165, 1.54) is 42.5 Å². The number of furan rings is 1. The van der Waals surface area contributed by atoms with Gasteiger partial charge in [0, 0.05) is 10.7 Å². The molecule has 35 heavy (non-hydrogen) atoms. The van der Waals surface area contributed by atoms with Crippen molar-refractivity contribution < 1.29 is 35.6 Å². The number of hydrogen-bond donors (Lipinski definition) is 3. The molecule has 0 aliphatic carbocycles. The number of carbonyl (C=O) groups excluding carboxylic acids is 2. The van der Waals surface area contributed by atoms with Gasteiger partial charge in [-0.3, -0.25) is 9.59 Å². The Morgan fingerprint density at radius 3 is 2.43 bits per heavy atom. The Balaban J connectivity index is 1.51. The number of nitrogens with one attached hydrogen (secondary N) is 3. The monoisotopic (exact) mass is 528 g/mol. The van der Waals surface area contributed by atoms with Crippen LogP contribution >= 0.6 is 11.6 Å². The van der Waals surface area contributed by atoms with Crippen LogP contribution in [0.2, 0.25) is 5.02 Å². The fourth-order valence-corrected chi connectivity index (χ4v) is 3.71. The van der Waals surface area contributed by atoms with Gasteiger partial charge in [0.2, 0.25) is 10.0 Å². The fraction of sp³-hybridized carbons (Fsp3) is 0.0952. The van der Waals surface area contributed by atoms with E-state index in [4.69, 9.17) is 16.0 Å². The topological polar surface area (TPSA) is 130 Å². The number of hydrazone groups is 1. The minimum atomic E-state index is -4.61. The van der Waals surface area contributed by atoms with Crippen molar-refractivity contribution in [2.45, 2.75) is 17.6 Å². The maximum atomic E-state index is 12.7. The minimum absolute atomic E-state index is 0.0152. The molecule has 0 atom stereocenters. The van der Waals surface area contributed by atoms with Gasteiger partial charge in [0.25, 0.3) is 0 Å². The highest BCUT2D eigenvalue weighted by molar-refractivity contribution is 7.89. The first-order valence-corrected chi connectivity index (χ1v) is 11.5. The van der Waals surface area contributed by atoms with E-state index in [9.17, 15) is 31.2 Å². The summed E-state index contributed by atoms with van der Waals surface area (Å²) in [5.74, 6) is -2.11. The first kappa shape index (κ1) is 25.9. The summed E-state index contributed by atoms with van der Waals surface area (Å²) in [6, 6.07) is 12.2. The molecule has 0 saturated carbocycles. The average Bonchev–Trinajstić information content (AvgIpc) is 3.25. The quantitative estimate of drug-likeness (QED) is 0.245. The van der Waals surface area contributed by atoms with Crippen LogP contribution in [0, 0.1) is 0 Å². The lowest BCUT2D eigenvalue weighted by Gasteiger charge is -2.09. The van der Waals surface area contributed by atoms with E-state index in [0.29, 0.717) is 11.1 Å². The fourth-order valence-electron chi connectivity index (χ4n) is 2.59. The van der Waals surface area contributed by atoms with Crippen LogP contribution < -0.4 is 15.5 Å². The van der Waals surface area contributed by atoms with Crippen LogP contribution in [0.1, 0.15) is 17.1 Å². The molecule has 0 aliphatic heterocycles. The zero-order valence-corrected chi connectivity index (χ0v) is 19.0. The highest BCUT2D eigenvalue weighted by Crippen LogP contribution is 2.30. The van der Waals surface area contributed by atoms with E-state index in [1.807, 2.05) is 10.7 Å². The highest BCUT2D eigenvalue weighted by atomic mass is 35.5. The molecule has 3 rings (SSSR count). The lowest BCUT2D eigenvalue weighted by molar-refractivity contribution is -0.137. The Kier molecular flexibility index (Phi) is 7.94. The molecule has 3 N–H and O–H groups in total. The van der Waals surface area contributed by atoms with Crippen molar-refractivity contribution in [3.05, 3.63) is 82.8 Å². The molecule has 0 spiro atoms. The van der Waals surface area contributed by atoms with Gasteiger partial charge in [-0.15, -0.1) is 0 Å². The Morgan fingerprint density at radius 2 is 1.74 bits per heavy atom. The molecule has 1 aromatic heterocycles. The van der Waals surface area contributed by atoms with Crippen LogP contribution in [-0.2, 0) is 32.3 Å². The van der Waals surface area contributed by atoms with Crippen LogP contribution in [0.3, 0.4) is 0 Å². The van der Waals surface area contributed by atoms with Gasteiger partial charge in [0.15, 0.2) is 0 Å². The van der Waals surface area contributed by atoms with Gasteiger partial charge in [-0.1, -0.05) is 17.7 Å². The Labute approximate surface area is 202 Å². The molecule has 0 unspecified atom stereocenters. The Bertz CT molecular complexity index is 1360. The third-order valence-electron chi connectivity index (χ3n) is 4.25. The number of amides is 2. The number of sulfonamides is 1. The third kappa shape index (κ3) is 7.40. The second-order valence-corrected chi connectivity index (χ2v) is 9.02. The molecule has 1 heterocycles. The summed E-state index contributed by atoms with van der Waals surface area (Å²) in [7, 11) is -3.81. The Hall–Kier alpha value is -3.68. The van der Waals surface area contributed by atoms with Crippen molar-refractivity contribution in [1.82, 2.24) is 10.1 Å². The van der Waals surface area contributed by atoms with E-state index < -0.39 is 33.6 Å². The zero-order valence-electron chi connectivity index (χ0n) is 17.5. The van der Waals surface area contributed by atoms with Crippen molar-refractivity contribution in [2.24, 2.45) is 5.10 Å². The van der Waals surface area contributed by atoms with Crippen molar-refractivity contribution in [3.63, 3.8) is 0 Å². The van der Waals surface area contributed by atoms with Crippen LogP contribution in [-0.4, -0.2) is 26.4 Å². The standard InChI is InChI=1S/C21H16ClF3N4O5S/c22-14-4-8-18(9-5-14)35(32,33)27-12-17-7-6-16(34-17)11-26-29-20(31)19(30)28-15-3-1-2-13(10-15)21(23,24)25/h1-11,27H,12H2,(H,28,30)(H,29,31). The van der Waals surface area contributed by atoms with E-state index in [2.05, 4.69) is 9.82 Å². The molecule has 0 fully saturated rings. The maximum absolute atomic E-state index is 12.7. The predicted octanol–water partition coefficient (Wildman–Crippen LogP) is 3.52. The molecule has 0 bridgehead atoms. The molecular formula is C21H16ClF3N4O5S. The molecular weight excluding hydrogens is 513 g/mol. The summed E-state index contributed by atoms with van der Waals surface area (Å²) >= 11 is 5.74. The number of benzene rings is 2. The molecule has 0 aliphatic rings. The molecule has 14 heteroatoms. The van der Waals surface area contributed by atoms with E-state index in [1.54, 1.807) is 0 Å². The predicted molar refractivity (Wildman–Crippen MR) is 120 cm³/mol. The number of rotatable bonds is 7. The number of alkyl halides is 3. The molecule has 184 valence electrons. The normalized spacial score (nSPS) is 12.0. The van der Waals surface area contributed by atoms with E-state index in [-0.39, 0.29) is 28.6 Å². The van der Waals surface area contributed by atoms with Crippen LogP contribution in [0.25, 0.3) is 0 Å². The van der Waals surface area contributed by atoms with Gasteiger partial charge in [-0.2, -0.15) is 18.3 Å². The summed E-state index contributed by atoms with van der Waals surface area (Å²) < 4.78 is 70.4. The highest BCUT2D eigenvalue weighted by Gasteiger charge is 2.30. The minimum Gasteiger partial charge on any atom is -0.459 e. The van der Waals surface area contributed by atoms with Crippen molar-refractivity contribution in [3.8, 4) is 0 Å². The SMILES string of the molecule is O=C(NN=Cc1ccc(CNS(=O)(=O)c2ccc(Cl)cc2)o1)C(=O)Nc1cccc(C(F)(F)F)c1. The van der Waals surface area contributed by atoms with Crippen molar-refractivity contribution >= 4 is 45.3 Å². The first-order valence-electron chi connectivity index (χ1n) is 9.60.